The zero-order valence-corrected chi connectivity index (χ0v) is 21.6. The fraction of sp³-hybridized carbons (Fsp3) is 0.321. The first-order valence-electron chi connectivity index (χ1n) is 13.0. The third-order valence-corrected chi connectivity index (χ3v) is 8.64. The highest BCUT2D eigenvalue weighted by Gasteiger charge is 2.18. The molecule has 0 amide bonds. The van der Waals surface area contributed by atoms with Gasteiger partial charge in [0, 0.05) is 54.3 Å². The molecule has 2 fully saturated rings. The zero-order valence-electron chi connectivity index (χ0n) is 20.8. The smallest absolute Gasteiger partial charge is 0.261 e. The standard InChI is InChI=1S/C28H32N6O2S/c35-37(36,32-23-7-6-21-20-29-31-28(21)18-23)27-10-8-22(9-11-27)30-24-16-25(33-12-2-1-3-13-33)19-26(17-24)34-14-4-5-15-34/h6-11,16-20,30,32H,1-5,12-15H2,(H,29,31). The third-order valence-electron chi connectivity index (χ3n) is 7.24. The molecule has 3 aromatic carbocycles. The van der Waals surface area contributed by atoms with E-state index in [0.29, 0.717) is 5.69 Å². The second-order valence-corrected chi connectivity index (χ2v) is 11.6. The summed E-state index contributed by atoms with van der Waals surface area (Å²) >= 11 is 0. The number of hydrogen-bond acceptors (Lipinski definition) is 6. The van der Waals surface area contributed by atoms with Gasteiger partial charge in [0.15, 0.2) is 0 Å². The molecule has 2 saturated heterocycles. The summed E-state index contributed by atoms with van der Waals surface area (Å²) in [6.45, 7) is 4.37. The molecule has 9 heteroatoms. The van der Waals surface area contributed by atoms with Gasteiger partial charge in [0.25, 0.3) is 10.0 Å². The van der Waals surface area contributed by atoms with Crippen LogP contribution >= 0.6 is 0 Å². The van der Waals surface area contributed by atoms with Crippen LogP contribution in [0.4, 0.5) is 28.4 Å². The summed E-state index contributed by atoms with van der Waals surface area (Å²) in [5.74, 6) is 0. The van der Waals surface area contributed by atoms with Crippen molar-refractivity contribution in [1.82, 2.24) is 10.2 Å². The summed E-state index contributed by atoms with van der Waals surface area (Å²) in [4.78, 5) is 5.15. The third kappa shape index (κ3) is 5.22. The lowest BCUT2D eigenvalue weighted by atomic mass is 10.1. The van der Waals surface area contributed by atoms with Crippen molar-refractivity contribution in [2.75, 3.05) is 46.0 Å². The molecule has 37 heavy (non-hydrogen) atoms. The van der Waals surface area contributed by atoms with E-state index in [-0.39, 0.29) is 4.90 Å². The van der Waals surface area contributed by atoms with Gasteiger partial charge in [-0.25, -0.2) is 8.42 Å². The molecular formula is C28H32N6O2S. The predicted molar refractivity (Wildman–Crippen MR) is 151 cm³/mol. The van der Waals surface area contributed by atoms with E-state index in [4.69, 9.17) is 0 Å². The Labute approximate surface area is 217 Å². The van der Waals surface area contributed by atoms with Crippen LogP contribution in [0.15, 0.2) is 71.8 Å². The minimum atomic E-state index is -3.72. The molecule has 6 rings (SSSR count). The number of nitrogens with one attached hydrogen (secondary N) is 3. The van der Waals surface area contributed by atoms with E-state index in [2.05, 4.69) is 48.2 Å². The van der Waals surface area contributed by atoms with Crippen LogP contribution in [0.5, 0.6) is 0 Å². The number of hydrogen-bond donors (Lipinski definition) is 3. The van der Waals surface area contributed by atoms with Crippen molar-refractivity contribution in [2.24, 2.45) is 0 Å². The van der Waals surface area contributed by atoms with Crippen molar-refractivity contribution in [3.8, 4) is 0 Å². The van der Waals surface area contributed by atoms with Gasteiger partial charge in [-0.3, -0.25) is 9.82 Å². The monoisotopic (exact) mass is 516 g/mol. The van der Waals surface area contributed by atoms with Gasteiger partial charge in [0.05, 0.1) is 22.3 Å². The maximum Gasteiger partial charge on any atom is 0.261 e. The Morgan fingerprint density at radius 2 is 1.32 bits per heavy atom. The van der Waals surface area contributed by atoms with Gasteiger partial charge in [0.2, 0.25) is 0 Å². The van der Waals surface area contributed by atoms with Crippen LogP contribution in [0.2, 0.25) is 0 Å². The molecule has 3 N–H and O–H groups in total. The average molecular weight is 517 g/mol. The van der Waals surface area contributed by atoms with Crippen molar-refractivity contribution in [2.45, 2.75) is 37.0 Å². The minimum Gasteiger partial charge on any atom is -0.371 e. The predicted octanol–water partition coefficient (Wildman–Crippen LogP) is 5.70. The van der Waals surface area contributed by atoms with Crippen LogP contribution in [-0.4, -0.2) is 44.8 Å². The van der Waals surface area contributed by atoms with Gasteiger partial charge in [-0.15, -0.1) is 0 Å². The Morgan fingerprint density at radius 3 is 2.00 bits per heavy atom. The Hall–Kier alpha value is -3.72. The lowest BCUT2D eigenvalue weighted by Gasteiger charge is -2.31. The second kappa shape index (κ2) is 9.97. The van der Waals surface area contributed by atoms with Gasteiger partial charge in [-0.2, -0.15) is 5.10 Å². The normalized spacial score (nSPS) is 16.3. The Bertz CT molecular complexity index is 1490. The number of H-pyrrole nitrogens is 1. The van der Waals surface area contributed by atoms with E-state index >= 15 is 0 Å². The topological polar surface area (TPSA) is 93.4 Å². The maximum atomic E-state index is 13.0. The molecule has 3 heterocycles. The fourth-order valence-electron chi connectivity index (χ4n) is 5.26. The van der Waals surface area contributed by atoms with Crippen molar-refractivity contribution < 1.29 is 8.42 Å². The number of aromatic amines is 1. The largest absolute Gasteiger partial charge is 0.371 e. The molecule has 0 atom stereocenters. The first-order valence-corrected chi connectivity index (χ1v) is 14.5. The highest BCUT2D eigenvalue weighted by molar-refractivity contribution is 7.92. The molecule has 4 aromatic rings. The zero-order chi connectivity index (χ0) is 25.2. The number of sulfonamides is 1. The summed E-state index contributed by atoms with van der Waals surface area (Å²) < 4.78 is 28.6. The van der Waals surface area contributed by atoms with Crippen molar-refractivity contribution in [3.63, 3.8) is 0 Å². The molecule has 1 aromatic heterocycles. The summed E-state index contributed by atoms with van der Waals surface area (Å²) in [5.41, 5.74) is 5.64. The van der Waals surface area contributed by atoms with Crippen LogP contribution in [0.3, 0.4) is 0 Å². The van der Waals surface area contributed by atoms with Crippen LogP contribution < -0.4 is 19.8 Å². The van der Waals surface area contributed by atoms with Gasteiger partial charge in [0.1, 0.15) is 0 Å². The molecule has 0 radical (unpaired) electrons. The van der Waals surface area contributed by atoms with Crippen molar-refractivity contribution >= 4 is 49.4 Å². The Morgan fingerprint density at radius 1 is 0.703 bits per heavy atom. The molecule has 0 spiro atoms. The highest BCUT2D eigenvalue weighted by atomic mass is 32.2. The molecule has 0 aliphatic carbocycles. The summed E-state index contributed by atoms with van der Waals surface area (Å²) in [6, 6.07) is 18.9. The van der Waals surface area contributed by atoms with Crippen LogP contribution in [-0.2, 0) is 10.0 Å². The number of piperidine rings is 1. The van der Waals surface area contributed by atoms with Crippen LogP contribution in [0.25, 0.3) is 10.9 Å². The summed E-state index contributed by atoms with van der Waals surface area (Å²) in [6.07, 6.45) is 7.94. The highest BCUT2D eigenvalue weighted by Crippen LogP contribution is 2.33. The maximum absolute atomic E-state index is 13.0. The van der Waals surface area contributed by atoms with E-state index in [1.165, 1.54) is 43.5 Å². The van der Waals surface area contributed by atoms with Gasteiger partial charge in [-0.05, 0) is 92.8 Å². The van der Waals surface area contributed by atoms with E-state index in [1.54, 1.807) is 30.5 Å². The number of rotatable bonds is 7. The number of nitrogens with zero attached hydrogens (tertiary/aromatic N) is 3. The second-order valence-electron chi connectivity index (χ2n) is 9.91. The molecule has 2 aliphatic rings. The fourth-order valence-corrected chi connectivity index (χ4v) is 6.31. The molecule has 8 nitrogen and oxygen atoms in total. The van der Waals surface area contributed by atoms with Gasteiger partial charge < -0.3 is 15.1 Å². The number of benzene rings is 3. The van der Waals surface area contributed by atoms with E-state index in [9.17, 15) is 8.42 Å². The summed E-state index contributed by atoms with van der Waals surface area (Å²) in [7, 11) is -3.72. The van der Waals surface area contributed by atoms with E-state index in [1.807, 2.05) is 18.2 Å². The number of aromatic nitrogens is 2. The molecule has 2 aliphatic heterocycles. The van der Waals surface area contributed by atoms with Crippen molar-refractivity contribution in [1.29, 1.82) is 0 Å². The minimum absolute atomic E-state index is 0.211. The number of fused-ring (bicyclic) bond motifs is 1. The van der Waals surface area contributed by atoms with E-state index in [0.717, 1.165) is 48.5 Å². The van der Waals surface area contributed by atoms with Gasteiger partial charge in [-0.1, -0.05) is 0 Å². The Kier molecular flexibility index (Phi) is 6.38. The van der Waals surface area contributed by atoms with Crippen LogP contribution in [0.1, 0.15) is 32.1 Å². The Balaban J connectivity index is 1.21. The van der Waals surface area contributed by atoms with Crippen LogP contribution in [0, 0.1) is 0 Å². The van der Waals surface area contributed by atoms with E-state index < -0.39 is 10.0 Å². The first-order chi connectivity index (χ1) is 18.0. The first kappa shape index (κ1) is 23.7. The van der Waals surface area contributed by atoms with Crippen molar-refractivity contribution in [3.05, 3.63) is 66.9 Å². The summed E-state index contributed by atoms with van der Waals surface area (Å²) in [5, 5.41) is 11.3. The molecule has 0 bridgehead atoms. The molecule has 192 valence electrons. The number of anilines is 5. The van der Waals surface area contributed by atoms with Gasteiger partial charge >= 0.3 is 0 Å². The SMILES string of the molecule is O=S(=O)(Nc1ccc2cn[nH]c2c1)c1ccc(Nc2cc(N3CCCCC3)cc(N3CCCC3)c2)cc1. The molecular weight excluding hydrogens is 484 g/mol. The lowest BCUT2D eigenvalue weighted by molar-refractivity contribution is 0.578. The quantitative estimate of drug-likeness (QED) is 0.292. The lowest BCUT2D eigenvalue weighted by Crippen LogP contribution is -2.29. The molecule has 0 saturated carbocycles. The average Bonchev–Trinajstić information content (AvgIpc) is 3.62. The molecule has 0 unspecified atom stereocenters.